The molecule has 2 nitrogen and oxygen atoms in total. The third kappa shape index (κ3) is 2.44. The SMILES string of the molecule is CNNc1cccc(SC)c1. The van der Waals surface area contributed by atoms with E-state index in [2.05, 4.69) is 29.2 Å². The normalized spacial score (nSPS) is 9.64. The van der Waals surface area contributed by atoms with Crippen molar-refractivity contribution in [1.82, 2.24) is 5.43 Å². The zero-order valence-electron chi connectivity index (χ0n) is 6.72. The van der Waals surface area contributed by atoms with Gasteiger partial charge in [0, 0.05) is 17.6 Å². The van der Waals surface area contributed by atoms with Gasteiger partial charge in [-0.3, -0.25) is 0 Å². The van der Waals surface area contributed by atoms with E-state index in [0.717, 1.165) is 5.69 Å². The van der Waals surface area contributed by atoms with Gasteiger partial charge in [-0.2, -0.15) is 0 Å². The highest BCUT2D eigenvalue weighted by atomic mass is 32.2. The Kier molecular flexibility index (Phi) is 3.26. The van der Waals surface area contributed by atoms with Gasteiger partial charge in [0.15, 0.2) is 0 Å². The molecule has 0 bridgehead atoms. The van der Waals surface area contributed by atoms with Crippen LogP contribution in [0, 0.1) is 0 Å². The molecule has 0 atom stereocenters. The van der Waals surface area contributed by atoms with Gasteiger partial charge in [0.05, 0.1) is 0 Å². The van der Waals surface area contributed by atoms with Gasteiger partial charge in [-0.15, -0.1) is 11.8 Å². The lowest BCUT2D eigenvalue weighted by Crippen LogP contribution is -2.14. The number of rotatable bonds is 3. The molecule has 1 aromatic carbocycles. The molecule has 11 heavy (non-hydrogen) atoms. The summed E-state index contributed by atoms with van der Waals surface area (Å²) in [5.74, 6) is 0. The standard InChI is InChI=1S/C8H12N2S/c1-9-10-7-4-3-5-8(6-7)11-2/h3-6,9-10H,1-2H3. The summed E-state index contributed by atoms with van der Waals surface area (Å²) in [5.41, 5.74) is 6.99. The maximum atomic E-state index is 3.02. The molecule has 0 heterocycles. The van der Waals surface area contributed by atoms with Gasteiger partial charge in [-0.25, -0.2) is 5.43 Å². The summed E-state index contributed by atoms with van der Waals surface area (Å²) < 4.78 is 0. The van der Waals surface area contributed by atoms with E-state index in [4.69, 9.17) is 0 Å². The molecule has 0 radical (unpaired) electrons. The first kappa shape index (κ1) is 8.43. The van der Waals surface area contributed by atoms with Crippen LogP contribution in [-0.4, -0.2) is 13.3 Å². The number of thioether (sulfide) groups is 1. The monoisotopic (exact) mass is 168 g/mol. The Morgan fingerprint density at radius 3 is 2.82 bits per heavy atom. The van der Waals surface area contributed by atoms with Crippen LogP contribution < -0.4 is 10.9 Å². The Morgan fingerprint density at radius 1 is 1.36 bits per heavy atom. The molecule has 2 N–H and O–H groups in total. The zero-order chi connectivity index (χ0) is 8.10. The van der Waals surface area contributed by atoms with Gasteiger partial charge in [-0.1, -0.05) is 6.07 Å². The molecule has 0 aliphatic rings. The first-order valence-corrected chi connectivity index (χ1v) is 4.66. The molecule has 0 unspecified atom stereocenters. The largest absolute Gasteiger partial charge is 0.322 e. The number of benzene rings is 1. The maximum Gasteiger partial charge on any atom is 0.0498 e. The van der Waals surface area contributed by atoms with Crippen molar-refractivity contribution in [3.8, 4) is 0 Å². The fraction of sp³-hybridized carbons (Fsp3) is 0.250. The van der Waals surface area contributed by atoms with Crippen molar-refractivity contribution >= 4 is 17.4 Å². The molecule has 0 saturated carbocycles. The lowest BCUT2D eigenvalue weighted by molar-refractivity contribution is 0.982. The molecule has 0 aliphatic carbocycles. The van der Waals surface area contributed by atoms with Crippen LogP contribution in [0.2, 0.25) is 0 Å². The van der Waals surface area contributed by atoms with Crippen LogP contribution in [0.25, 0.3) is 0 Å². The molecule has 0 aromatic heterocycles. The van der Waals surface area contributed by atoms with Gasteiger partial charge in [0.1, 0.15) is 0 Å². The summed E-state index contributed by atoms with van der Waals surface area (Å²) in [5, 5.41) is 0. The molecule has 1 rings (SSSR count). The van der Waals surface area contributed by atoms with E-state index in [1.54, 1.807) is 11.8 Å². The zero-order valence-corrected chi connectivity index (χ0v) is 7.53. The van der Waals surface area contributed by atoms with Crippen molar-refractivity contribution in [2.24, 2.45) is 0 Å². The summed E-state index contributed by atoms with van der Waals surface area (Å²) in [6.07, 6.45) is 2.07. The Bertz CT molecular complexity index is 225. The fourth-order valence-corrected chi connectivity index (χ4v) is 1.30. The summed E-state index contributed by atoms with van der Waals surface area (Å²) in [6, 6.07) is 8.24. The molecule has 0 aliphatic heterocycles. The lowest BCUT2D eigenvalue weighted by atomic mass is 10.3. The van der Waals surface area contributed by atoms with Gasteiger partial charge in [-0.05, 0) is 24.5 Å². The molecule has 60 valence electrons. The molecule has 1 aromatic rings. The van der Waals surface area contributed by atoms with Gasteiger partial charge >= 0.3 is 0 Å². The van der Waals surface area contributed by atoms with E-state index in [-0.39, 0.29) is 0 Å². The van der Waals surface area contributed by atoms with Crippen LogP contribution in [0.15, 0.2) is 29.2 Å². The topological polar surface area (TPSA) is 24.1 Å². The van der Waals surface area contributed by atoms with Crippen LogP contribution in [-0.2, 0) is 0 Å². The predicted molar refractivity (Wildman–Crippen MR) is 50.9 cm³/mol. The lowest BCUT2D eigenvalue weighted by Gasteiger charge is -2.04. The minimum atomic E-state index is 1.10. The number of hydrogen-bond donors (Lipinski definition) is 2. The van der Waals surface area contributed by atoms with Crippen molar-refractivity contribution in [1.29, 1.82) is 0 Å². The van der Waals surface area contributed by atoms with Gasteiger partial charge in [0.2, 0.25) is 0 Å². The second-order valence-corrected chi connectivity index (χ2v) is 2.99. The second-order valence-electron chi connectivity index (χ2n) is 2.11. The highest BCUT2D eigenvalue weighted by molar-refractivity contribution is 7.98. The van der Waals surface area contributed by atoms with E-state index < -0.39 is 0 Å². The van der Waals surface area contributed by atoms with E-state index in [0.29, 0.717) is 0 Å². The average Bonchev–Trinajstić information content (AvgIpc) is 2.06. The minimum absolute atomic E-state index is 1.10. The van der Waals surface area contributed by atoms with Crippen LogP contribution in [0.1, 0.15) is 0 Å². The second kappa shape index (κ2) is 4.26. The van der Waals surface area contributed by atoms with Crippen molar-refractivity contribution < 1.29 is 0 Å². The van der Waals surface area contributed by atoms with Gasteiger partial charge in [0.25, 0.3) is 0 Å². The third-order valence-corrected chi connectivity index (χ3v) is 2.06. The molecule has 0 spiro atoms. The summed E-state index contributed by atoms with van der Waals surface area (Å²) >= 11 is 1.74. The highest BCUT2D eigenvalue weighted by Gasteiger charge is 1.90. The van der Waals surface area contributed by atoms with Crippen molar-refractivity contribution in [2.45, 2.75) is 4.90 Å². The van der Waals surface area contributed by atoms with Crippen LogP contribution in [0.5, 0.6) is 0 Å². The molecular formula is C8H12N2S. The number of nitrogens with one attached hydrogen (secondary N) is 2. The van der Waals surface area contributed by atoms with Crippen LogP contribution in [0.3, 0.4) is 0 Å². The van der Waals surface area contributed by atoms with Crippen molar-refractivity contribution in [3.63, 3.8) is 0 Å². The summed E-state index contributed by atoms with van der Waals surface area (Å²) in [6.45, 7) is 0. The molecule has 0 fully saturated rings. The first-order chi connectivity index (χ1) is 5.36. The number of hydrazine groups is 1. The smallest absolute Gasteiger partial charge is 0.0498 e. The quantitative estimate of drug-likeness (QED) is 0.533. The van der Waals surface area contributed by atoms with E-state index in [1.807, 2.05) is 19.2 Å². The third-order valence-electron chi connectivity index (χ3n) is 1.34. The van der Waals surface area contributed by atoms with Gasteiger partial charge < -0.3 is 5.43 Å². The number of hydrogen-bond acceptors (Lipinski definition) is 3. The Hall–Kier alpha value is -0.670. The molecule has 3 heteroatoms. The van der Waals surface area contributed by atoms with E-state index in [9.17, 15) is 0 Å². The Balaban J connectivity index is 2.74. The van der Waals surface area contributed by atoms with Crippen LogP contribution in [0.4, 0.5) is 5.69 Å². The average molecular weight is 168 g/mol. The van der Waals surface area contributed by atoms with Crippen molar-refractivity contribution in [3.05, 3.63) is 24.3 Å². The number of anilines is 1. The minimum Gasteiger partial charge on any atom is -0.322 e. The molecule has 0 saturated heterocycles. The Labute approximate surface area is 71.4 Å². The van der Waals surface area contributed by atoms with Crippen molar-refractivity contribution in [2.75, 3.05) is 18.7 Å². The fourth-order valence-electron chi connectivity index (χ4n) is 0.845. The van der Waals surface area contributed by atoms with Crippen LogP contribution >= 0.6 is 11.8 Å². The summed E-state index contributed by atoms with van der Waals surface area (Å²) in [4.78, 5) is 1.27. The van der Waals surface area contributed by atoms with E-state index >= 15 is 0 Å². The molecule has 0 amide bonds. The maximum absolute atomic E-state index is 3.02. The predicted octanol–water partition coefficient (Wildman–Crippen LogP) is 1.95. The van der Waals surface area contributed by atoms with E-state index in [1.165, 1.54) is 4.90 Å². The molecular weight excluding hydrogens is 156 g/mol. The Morgan fingerprint density at radius 2 is 2.18 bits per heavy atom. The summed E-state index contributed by atoms with van der Waals surface area (Å²) in [7, 11) is 1.85. The first-order valence-electron chi connectivity index (χ1n) is 3.43. The highest BCUT2D eigenvalue weighted by Crippen LogP contribution is 2.17.